The lowest BCUT2D eigenvalue weighted by molar-refractivity contribution is 0.0514. The number of nitrogens with zero attached hydrogens (tertiary/aromatic N) is 1. The van der Waals surface area contributed by atoms with Gasteiger partial charge in [0.2, 0.25) is 0 Å². The summed E-state index contributed by atoms with van der Waals surface area (Å²) >= 11 is 0. The molecule has 1 aliphatic heterocycles. The molecule has 2 rings (SSSR count). The third kappa shape index (κ3) is 3.67. The van der Waals surface area contributed by atoms with E-state index in [2.05, 4.69) is 5.32 Å². The molecule has 0 radical (unpaired) electrons. The molecule has 1 aromatic heterocycles. The summed E-state index contributed by atoms with van der Waals surface area (Å²) in [6.07, 6.45) is 4.79. The standard InChI is InChI=1S/C14H20N2O3/c1-16-8-2-5-12(14(16)18)13(17)15-7-6-11-4-3-9-19-10-11/h2,5,8,11H,3-4,6-7,9-10H2,1H3,(H,15,17)/t11-/m1/s1. The van der Waals surface area contributed by atoms with Crippen molar-refractivity contribution >= 4 is 5.91 Å². The highest BCUT2D eigenvalue weighted by molar-refractivity contribution is 5.93. The average Bonchev–Trinajstić information content (AvgIpc) is 2.43. The van der Waals surface area contributed by atoms with E-state index in [1.807, 2.05) is 0 Å². The number of carbonyl (C=O) groups excluding carboxylic acids is 1. The fourth-order valence-corrected chi connectivity index (χ4v) is 2.29. The van der Waals surface area contributed by atoms with Crippen LogP contribution in [0.2, 0.25) is 0 Å². The molecule has 1 fully saturated rings. The fraction of sp³-hybridized carbons (Fsp3) is 0.571. The van der Waals surface area contributed by atoms with Crippen molar-refractivity contribution in [1.82, 2.24) is 9.88 Å². The van der Waals surface area contributed by atoms with Gasteiger partial charge in [-0.1, -0.05) is 0 Å². The quantitative estimate of drug-likeness (QED) is 0.880. The van der Waals surface area contributed by atoms with Gasteiger partial charge in [-0.2, -0.15) is 0 Å². The number of aromatic nitrogens is 1. The zero-order valence-corrected chi connectivity index (χ0v) is 11.2. The molecule has 104 valence electrons. The fourth-order valence-electron chi connectivity index (χ4n) is 2.29. The van der Waals surface area contributed by atoms with Gasteiger partial charge in [-0.25, -0.2) is 0 Å². The number of pyridine rings is 1. The number of rotatable bonds is 4. The maximum absolute atomic E-state index is 11.9. The number of ether oxygens (including phenoxy) is 1. The highest BCUT2D eigenvalue weighted by Crippen LogP contribution is 2.16. The van der Waals surface area contributed by atoms with Crippen LogP contribution in [-0.4, -0.2) is 30.2 Å². The topological polar surface area (TPSA) is 60.3 Å². The molecule has 1 aromatic rings. The SMILES string of the molecule is Cn1cccc(C(=O)NCC[C@H]2CCCOC2)c1=O. The van der Waals surface area contributed by atoms with Crippen molar-refractivity contribution < 1.29 is 9.53 Å². The van der Waals surface area contributed by atoms with E-state index in [0.717, 1.165) is 32.5 Å². The summed E-state index contributed by atoms with van der Waals surface area (Å²) in [7, 11) is 1.64. The lowest BCUT2D eigenvalue weighted by Crippen LogP contribution is -2.33. The van der Waals surface area contributed by atoms with Crippen LogP contribution in [0, 0.1) is 5.92 Å². The molecule has 0 bridgehead atoms. The van der Waals surface area contributed by atoms with Gasteiger partial charge >= 0.3 is 0 Å². The van der Waals surface area contributed by atoms with Crippen molar-refractivity contribution in [3.8, 4) is 0 Å². The smallest absolute Gasteiger partial charge is 0.263 e. The Morgan fingerprint density at radius 3 is 3.16 bits per heavy atom. The Labute approximate surface area is 112 Å². The van der Waals surface area contributed by atoms with Crippen LogP contribution in [0.5, 0.6) is 0 Å². The molecule has 5 nitrogen and oxygen atoms in total. The summed E-state index contributed by atoms with van der Waals surface area (Å²) in [6, 6.07) is 3.26. The second-order valence-corrected chi connectivity index (χ2v) is 4.97. The molecule has 0 unspecified atom stereocenters. The summed E-state index contributed by atoms with van der Waals surface area (Å²) in [5, 5.41) is 2.81. The largest absolute Gasteiger partial charge is 0.381 e. The Balaban J connectivity index is 1.84. The number of carbonyl (C=O) groups is 1. The molecule has 2 heterocycles. The minimum Gasteiger partial charge on any atom is -0.381 e. The van der Waals surface area contributed by atoms with Crippen molar-refractivity contribution in [3.63, 3.8) is 0 Å². The maximum atomic E-state index is 11.9. The number of hydrogen-bond donors (Lipinski definition) is 1. The Bertz CT molecular complexity index is 490. The van der Waals surface area contributed by atoms with Crippen LogP contribution < -0.4 is 10.9 Å². The maximum Gasteiger partial charge on any atom is 0.263 e. The zero-order chi connectivity index (χ0) is 13.7. The first-order chi connectivity index (χ1) is 9.18. The van der Waals surface area contributed by atoms with Crippen LogP contribution in [0.4, 0.5) is 0 Å². The van der Waals surface area contributed by atoms with Crippen molar-refractivity contribution in [3.05, 3.63) is 34.2 Å². The summed E-state index contributed by atoms with van der Waals surface area (Å²) in [4.78, 5) is 23.7. The van der Waals surface area contributed by atoms with E-state index in [4.69, 9.17) is 4.74 Å². The summed E-state index contributed by atoms with van der Waals surface area (Å²) in [5.74, 6) is 0.227. The average molecular weight is 264 g/mol. The van der Waals surface area contributed by atoms with Crippen LogP contribution in [0.3, 0.4) is 0 Å². The van der Waals surface area contributed by atoms with Crippen molar-refractivity contribution in [2.45, 2.75) is 19.3 Å². The van der Waals surface area contributed by atoms with Gasteiger partial charge in [-0.05, 0) is 37.3 Å². The molecular formula is C14H20N2O3. The Morgan fingerprint density at radius 2 is 2.42 bits per heavy atom. The van der Waals surface area contributed by atoms with Crippen molar-refractivity contribution in [1.29, 1.82) is 0 Å². The number of aryl methyl sites for hydroxylation is 1. The molecular weight excluding hydrogens is 244 g/mol. The summed E-state index contributed by atoms with van der Waals surface area (Å²) in [6.45, 7) is 2.22. The summed E-state index contributed by atoms with van der Waals surface area (Å²) < 4.78 is 6.80. The molecule has 0 aliphatic carbocycles. The zero-order valence-electron chi connectivity index (χ0n) is 11.2. The predicted octanol–water partition coefficient (Wildman–Crippen LogP) is 0.932. The van der Waals surface area contributed by atoms with Gasteiger partial charge in [0.05, 0.1) is 0 Å². The normalized spacial score (nSPS) is 19.1. The Kier molecular flexibility index (Phi) is 4.74. The Hall–Kier alpha value is -1.62. The highest BCUT2D eigenvalue weighted by atomic mass is 16.5. The van der Waals surface area contributed by atoms with E-state index >= 15 is 0 Å². The van der Waals surface area contributed by atoms with Crippen molar-refractivity contribution in [2.75, 3.05) is 19.8 Å². The first kappa shape index (κ1) is 13.8. The van der Waals surface area contributed by atoms with Gasteiger partial charge in [0.25, 0.3) is 11.5 Å². The number of amides is 1. The molecule has 0 aromatic carbocycles. The van der Waals surface area contributed by atoms with Crippen LogP contribution in [0.15, 0.2) is 23.1 Å². The van der Waals surface area contributed by atoms with E-state index < -0.39 is 0 Å². The van der Waals surface area contributed by atoms with E-state index in [-0.39, 0.29) is 17.0 Å². The van der Waals surface area contributed by atoms with E-state index in [9.17, 15) is 9.59 Å². The minimum atomic E-state index is -0.294. The molecule has 19 heavy (non-hydrogen) atoms. The lowest BCUT2D eigenvalue weighted by Gasteiger charge is -2.21. The molecule has 0 saturated carbocycles. The van der Waals surface area contributed by atoms with Gasteiger partial charge < -0.3 is 14.6 Å². The first-order valence-electron chi connectivity index (χ1n) is 6.70. The minimum absolute atomic E-state index is 0.199. The Morgan fingerprint density at radius 1 is 1.58 bits per heavy atom. The second kappa shape index (κ2) is 6.52. The third-order valence-corrected chi connectivity index (χ3v) is 3.46. The predicted molar refractivity (Wildman–Crippen MR) is 72.2 cm³/mol. The van der Waals surface area contributed by atoms with Crippen LogP contribution in [-0.2, 0) is 11.8 Å². The molecule has 5 heteroatoms. The van der Waals surface area contributed by atoms with E-state index in [0.29, 0.717) is 12.5 Å². The molecule has 1 atom stereocenters. The van der Waals surface area contributed by atoms with E-state index in [1.54, 1.807) is 25.4 Å². The van der Waals surface area contributed by atoms with Gasteiger partial charge in [-0.3, -0.25) is 9.59 Å². The van der Waals surface area contributed by atoms with Gasteiger partial charge in [0.1, 0.15) is 5.56 Å². The van der Waals surface area contributed by atoms with Gasteiger partial charge in [-0.15, -0.1) is 0 Å². The highest BCUT2D eigenvalue weighted by Gasteiger charge is 2.15. The molecule has 1 saturated heterocycles. The van der Waals surface area contributed by atoms with Crippen LogP contribution in [0.25, 0.3) is 0 Å². The number of nitrogens with one attached hydrogen (secondary N) is 1. The molecule has 1 aliphatic rings. The molecule has 1 amide bonds. The molecule has 1 N–H and O–H groups in total. The van der Waals surface area contributed by atoms with E-state index in [1.165, 1.54) is 4.57 Å². The third-order valence-electron chi connectivity index (χ3n) is 3.46. The van der Waals surface area contributed by atoms with Crippen molar-refractivity contribution in [2.24, 2.45) is 13.0 Å². The second-order valence-electron chi connectivity index (χ2n) is 4.97. The van der Waals surface area contributed by atoms with Crippen LogP contribution >= 0.6 is 0 Å². The first-order valence-corrected chi connectivity index (χ1v) is 6.70. The lowest BCUT2D eigenvalue weighted by atomic mass is 9.99. The van der Waals surface area contributed by atoms with Gasteiger partial charge in [0.15, 0.2) is 0 Å². The molecule has 0 spiro atoms. The summed E-state index contributed by atoms with van der Waals surface area (Å²) in [5.41, 5.74) is -0.0640. The number of hydrogen-bond acceptors (Lipinski definition) is 3. The monoisotopic (exact) mass is 264 g/mol. The van der Waals surface area contributed by atoms with Crippen LogP contribution in [0.1, 0.15) is 29.6 Å². The van der Waals surface area contributed by atoms with Gasteiger partial charge in [0, 0.05) is 33.0 Å².